The fourth-order valence-corrected chi connectivity index (χ4v) is 3.47. The van der Waals surface area contributed by atoms with E-state index < -0.39 is 11.9 Å². The maximum Gasteiger partial charge on any atom is 0.316 e. The van der Waals surface area contributed by atoms with Gasteiger partial charge in [-0.15, -0.1) is 0 Å². The molecule has 0 aromatic heterocycles. The first-order valence-electron chi connectivity index (χ1n) is 9.06. The Morgan fingerprint density at radius 2 is 1.54 bits per heavy atom. The zero-order chi connectivity index (χ0) is 19.7. The number of anilines is 2. The number of hydrogen-bond donors (Lipinski definition) is 0. The Kier molecular flexibility index (Phi) is 4.65. The molecule has 3 amide bonds. The van der Waals surface area contributed by atoms with E-state index in [2.05, 4.69) is 0 Å². The fraction of sp³-hybridized carbons (Fsp3) is 0.238. The molecule has 0 bridgehead atoms. The third-order valence-electron chi connectivity index (χ3n) is 4.87. The van der Waals surface area contributed by atoms with Crippen molar-refractivity contribution in [3.8, 4) is 5.75 Å². The molecule has 0 saturated carbocycles. The van der Waals surface area contributed by atoms with E-state index in [0.717, 1.165) is 10.6 Å². The average Bonchev–Trinajstić information content (AvgIpc) is 3.25. The monoisotopic (exact) mass is 378 g/mol. The summed E-state index contributed by atoms with van der Waals surface area (Å²) in [4.78, 5) is 51.3. The number of imide groups is 1. The molecule has 2 aromatic carbocycles. The second-order valence-electron chi connectivity index (χ2n) is 6.78. The number of benzene rings is 2. The highest BCUT2D eigenvalue weighted by Gasteiger charge is 2.36. The third-order valence-corrected chi connectivity index (χ3v) is 4.87. The van der Waals surface area contributed by atoms with Gasteiger partial charge in [0.25, 0.3) is 0 Å². The van der Waals surface area contributed by atoms with Crippen LogP contribution in [-0.2, 0) is 19.2 Å². The first kappa shape index (κ1) is 17.9. The number of para-hydroxylation sites is 1. The number of carbonyl (C=O) groups is 4. The van der Waals surface area contributed by atoms with Gasteiger partial charge in [-0.3, -0.25) is 24.1 Å². The lowest BCUT2D eigenvalue weighted by molar-refractivity contribution is -0.139. The molecule has 1 atom stereocenters. The Hall–Kier alpha value is -3.48. The summed E-state index contributed by atoms with van der Waals surface area (Å²) in [6.07, 6.45) is 0.446. The van der Waals surface area contributed by atoms with Gasteiger partial charge >= 0.3 is 5.97 Å². The molecular weight excluding hydrogens is 360 g/mol. The molecule has 4 rings (SSSR count). The predicted octanol–water partition coefficient (Wildman–Crippen LogP) is 2.30. The van der Waals surface area contributed by atoms with Crippen molar-refractivity contribution in [2.75, 3.05) is 16.3 Å². The Morgan fingerprint density at radius 3 is 2.25 bits per heavy atom. The quantitative estimate of drug-likeness (QED) is 0.463. The van der Waals surface area contributed by atoms with Crippen LogP contribution in [0.25, 0.3) is 0 Å². The molecule has 2 heterocycles. The summed E-state index contributed by atoms with van der Waals surface area (Å²) in [7, 11) is 0. The minimum Gasteiger partial charge on any atom is -0.426 e. The molecule has 2 saturated heterocycles. The highest BCUT2D eigenvalue weighted by molar-refractivity contribution is 6.19. The van der Waals surface area contributed by atoms with Crippen LogP contribution in [0.4, 0.5) is 11.4 Å². The van der Waals surface area contributed by atoms with E-state index >= 15 is 0 Å². The molecule has 2 aliphatic heterocycles. The van der Waals surface area contributed by atoms with Crippen LogP contribution < -0.4 is 14.5 Å². The standard InChI is InChI=1S/C21H18N2O5/c24-18-9-10-19(25)23(18)16-7-4-8-17(12-16)28-21(27)14-11-20(26)22(13-14)15-5-2-1-3-6-15/h1-8,12,14H,9-11,13H2. The first-order valence-corrected chi connectivity index (χ1v) is 9.06. The Labute approximate surface area is 161 Å². The van der Waals surface area contributed by atoms with E-state index in [4.69, 9.17) is 4.74 Å². The maximum atomic E-state index is 12.5. The van der Waals surface area contributed by atoms with E-state index in [1.165, 1.54) is 6.07 Å². The van der Waals surface area contributed by atoms with Crippen LogP contribution in [-0.4, -0.2) is 30.2 Å². The lowest BCUT2D eigenvalue weighted by Crippen LogP contribution is -2.29. The van der Waals surface area contributed by atoms with Crippen LogP contribution in [0.15, 0.2) is 54.6 Å². The molecule has 0 spiro atoms. The molecular formula is C21H18N2O5. The number of nitrogens with zero attached hydrogens (tertiary/aromatic N) is 2. The van der Waals surface area contributed by atoms with Gasteiger partial charge in [-0.25, -0.2) is 0 Å². The zero-order valence-electron chi connectivity index (χ0n) is 15.0. The lowest BCUT2D eigenvalue weighted by Gasteiger charge is -2.17. The molecule has 2 aliphatic rings. The zero-order valence-corrected chi connectivity index (χ0v) is 15.0. The minimum atomic E-state index is -0.577. The van der Waals surface area contributed by atoms with Gasteiger partial charge in [0.05, 0.1) is 11.6 Å². The normalized spacial score (nSPS) is 19.4. The highest BCUT2D eigenvalue weighted by atomic mass is 16.5. The van der Waals surface area contributed by atoms with Crippen molar-refractivity contribution in [1.29, 1.82) is 0 Å². The van der Waals surface area contributed by atoms with E-state index in [-0.39, 0.29) is 49.3 Å². The second kappa shape index (κ2) is 7.26. The van der Waals surface area contributed by atoms with Crippen molar-refractivity contribution in [3.05, 3.63) is 54.6 Å². The molecule has 0 aliphatic carbocycles. The van der Waals surface area contributed by atoms with Gasteiger partial charge in [0, 0.05) is 37.6 Å². The summed E-state index contributed by atoms with van der Waals surface area (Å²) >= 11 is 0. The molecule has 2 aromatic rings. The topological polar surface area (TPSA) is 84.0 Å². The van der Waals surface area contributed by atoms with Crippen molar-refractivity contribution in [2.24, 2.45) is 5.92 Å². The smallest absolute Gasteiger partial charge is 0.316 e. The van der Waals surface area contributed by atoms with Gasteiger partial charge in [0.1, 0.15) is 5.75 Å². The van der Waals surface area contributed by atoms with Crippen molar-refractivity contribution >= 4 is 35.1 Å². The van der Waals surface area contributed by atoms with Gasteiger partial charge in [0.15, 0.2) is 0 Å². The highest BCUT2D eigenvalue weighted by Crippen LogP contribution is 2.29. The minimum absolute atomic E-state index is 0.0799. The van der Waals surface area contributed by atoms with Crippen LogP contribution >= 0.6 is 0 Å². The van der Waals surface area contributed by atoms with Crippen LogP contribution in [0.1, 0.15) is 19.3 Å². The summed E-state index contributed by atoms with van der Waals surface area (Å²) in [6, 6.07) is 15.5. The molecule has 1 unspecified atom stereocenters. The summed E-state index contributed by atoms with van der Waals surface area (Å²) in [5.74, 6) is -1.52. The van der Waals surface area contributed by atoms with E-state index in [9.17, 15) is 19.2 Å². The molecule has 2 fully saturated rings. The summed E-state index contributed by atoms with van der Waals surface area (Å²) < 4.78 is 5.43. The summed E-state index contributed by atoms with van der Waals surface area (Å²) in [6.45, 7) is 0.254. The molecule has 142 valence electrons. The van der Waals surface area contributed by atoms with E-state index in [1.807, 2.05) is 30.3 Å². The largest absolute Gasteiger partial charge is 0.426 e. The third kappa shape index (κ3) is 3.38. The Balaban J connectivity index is 1.46. The Morgan fingerprint density at radius 1 is 0.857 bits per heavy atom. The van der Waals surface area contributed by atoms with E-state index in [1.54, 1.807) is 23.1 Å². The predicted molar refractivity (Wildman–Crippen MR) is 101 cm³/mol. The van der Waals surface area contributed by atoms with Crippen LogP contribution in [0, 0.1) is 5.92 Å². The molecule has 0 N–H and O–H groups in total. The van der Waals surface area contributed by atoms with Crippen molar-refractivity contribution in [3.63, 3.8) is 0 Å². The van der Waals surface area contributed by atoms with Crippen LogP contribution in [0.2, 0.25) is 0 Å². The maximum absolute atomic E-state index is 12.5. The number of amides is 3. The Bertz CT molecular complexity index is 940. The number of hydrogen-bond acceptors (Lipinski definition) is 5. The molecule has 0 radical (unpaired) electrons. The summed E-state index contributed by atoms with van der Waals surface area (Å²) in [5, 5.41) is 0. The van der Waals surface area contributed by atoms with Crippen LogP contribution in [0.3, 0.4) is 0 Å². The van der Waals surface area contributed by atoms with Gasteiger partial charge in [-0.05, 0) is 24.3 Å². The number of carbonyl (C=O) groups excluding carboxylic acids is 4. The van der Waals surface area contributed by atoms with E-state index in [0.29, 0.717) is 5.69 Å². The lowest BCUT2D eigenvalue weighted by atomic mass is 10.1. The number of esters is 1. The van der Waals surface area contributed by atoms with Gasteiger partial charge in [-0.1, -0.05) is 24.3 Å². The number of rotatable bonds is 4. The fourth-order valence-electron chi connectivity index (χ4n) is 3.47. The molecule has 28 heavy (non-hydrogen) atoms. The van der Waals surface area contributed by atoms with Gasteiger partial charge in [0.2, 0.25) is 17.7 Å². The first-order chi connectivity index (χ1) is 13.5. The number of ether oxygens (including phenoxy) is 1. The van der Waals surface area contributed by atoms with Crippen molar-refractivity contribution in [1.82, 2.24) is 0 Å². The van der Waals surface area contributed by atoms with Crippen LogP contribution in [0.5, 0.6) is 5.75 Å². The second-order valence-corrected chi connectivity index (χ2v) is 6.78. The van der Waals surface area contributed by atoms with Crippen molar-refractivity contribution < 1.29 is 23.9 Å². The average molecular weight is 378 g/mol. The molecule has 7 heteroatoms. The molecule has 7 nitrogen and oxygen atoms in total. The SMILES string of the molecule is O=C(Oc1cccc(N2C(=O)CCC2=O)c1)C1CC(=O)N(c2ccccc2)C1. The van der Waals surface area contributed by atoms with Gasteiger partial charge < -0.3 is 9.64 Å². The van der Waals surface area contributed by atoms with Gasteiger partial charge in [-0.2, -0.15) is 0 Å². The summed E-state index contributed by atoms with van der Waals surface area (Å²) in [5.41, 5.74) is 1.13. The van der Waals surface area contributed by atoms with Crippen molar-refractivity contribution in [2.45, 2.75) is 19.3 Å².